The van der Waals surface area contributed by atoms with E-state index in [4.69, 9.17) is 4.74 Å². The molecule has 3 aliphatic carbocycles. The van der Waals surface area contributed by atoms with Gasteiger partial charge in [0.25, 0.3) is 0 Å². The number of aliphatic carboxylic acids is 1. The van der Waals surface area contributed by atoms with Crippen molar-refractivity contribution in [3.63, 3.8) is 0 Å². The minimum Gasteiger partial charge on any atom is -0.480 e. The summed E-state index contributed by atoms with van der Waals surface area (Å²) < 4.78 is 5.58. The third-order valence-corrected chi connectivity index (χ3v) is 7.05. The van der Waals surface area contributed by atoms with Gasteiger partial charge < -0.3 is 20.5 Å². The van der Waals surface area contributed by atoms with E-state index in [0.717, 1.165) is 12.8 Å². The van der Waals surface area contributed by atoms with E-state index in [1.165, 1.54) is 22.3 Å². The summed E-state index contributed by atoms with van der Waals surface area (Å²) in [5, 5.41) is 14.8. The molecule has 2 fully saturated rings. The topological polar surface area (TPSA) is 105 Å². The number of nitrogens with one attached hydrogen (secondary N) is 2. The molecule has 3 N–H and O–H groups in total. The van der Waals surface area contributed by atoms with Gasteiger partial charge in [-0.1, -0.05) is 48.5 Å². The first-order chi connectivity index (χ1) is 16.0. The van der Waals surface area contributed by atoms with Crippen molar-refractivity contribution in [2.45, 2.75) is 50.1 Å². The van der Waals surface area contributed by atoms with Crippen molar-refractivity contribution in [2.24, 2.45) is 11.8 Å². The molecule has 0 aliphatic heterocycles. The number of rotatable bonds is 8. The second kappa shape index (κ2) is 8.89. The lowest BCUT2D eigenvalue weighted by molar-refractivity contribution is -0.142. The Morgan fingerprint density at radius 3 is 2.15 bits per heavy atom. The van der Waals surface area contributed by atoms with Gasteiger partial charge in [-0.05, 0) is 59.8 Å². The molecule has 1 unspecified atom stereocenters. The van der Waals surface area contributed by atoms with E-state index < -0.39 is 18.1 Å². The fraction of sp³-hybridized carbons (Fsp3) is 0.423. The second-order valence-corrected chi connectivity index (χ2v) is 9.43. The largest absolute Gasteiger partial charge is 0.480 e. The van der Waals surface area contributed by atoms with Crippen molar-refractivity contribution in [3.05, 3.63) is 59.7 Å². The van der Waals surface area contributed by atoms with E-state index in [0.29, 0.717) is 19.3 Å². The lowest BCUT2D eigenvalue weighted by Crippen LogP contribution is -2.47. The van der Waals surface area contributed by atoms with E-state index >= 15 is 0 Å². The van der Waals surface area contributed by atoms with E-state index in [1.54, 1.807) is 0 Å². The van der Waals surface area contributed by atoms with Gasteiger partial charge in [-0.25, -0.2) is 9.59 Å². The number of fused-ring (bicyclic) bond motifs is 3. The highest BCUT2D eigenvalue weighted by Crippen LogP contribution is 2.44. The van der Waals surface area contributed by atoms with Crippen LogP contribution in [0.15, 0.2) is 48.5 Å². The SMILES string of the molecule is O=C(CC1CC(NC(=O)OCC2c3ccccc3-c3ccccc32)C1)NC(C(=O)O)C1CC1. The van der Waals surface area contributed by atoms with Crippen LogP contribution in [0.1, 0.15) is 49.1 Å². The zero-order valence-corrected chi connectivity index (χ0v) is 18.3. The molecule has 0 bridgehead atoms. The molecule has 2 aromatic rings. The van der Waals surface area contributed by atoms with Crippen molar-refractivity contribution < 1.29 is 24.2 Å². The molecule has 1 atom stereocenters. The number of hydrogen-bond acceptors (Lipinski definition) is 4. The molecule has 0 radical (unpaired) electrons. The van der Waals surface area contributed by atoms with Crippen LogP contribution in [0, 0.1) is 11.8 Å². The number of benzene rings is 2. The average Bonchev–Trinajstić information content (AvgIpc) is 3.57. The molecule has 7 heteroatoms. The lowest BCUT2D eigenvalue weighted by Gasteiger charge is -2.35. The summed E-state index contributed by atoms with van der Waals surface area (Å²) in [5.41, 5.74) is 4.72. The number of ether oxygens (including phenoxy) is 1. The van der Waals surface area contributed by atoms with Crippen LogP contribution in [0.3, 0.4) is 0 Å². The molecule has 0 heterocycles. The standard InChI is InChI=1S/C26H28N2O5/c29-23(28-24(25(30)31)16-9-10-16)13-15-11-17(12-15)27-26(32)33-14-22-20-7-3-1-5-18(20)19-6-2-4-8-21(19)22/h1-8,15-17,22,24H,9-14H2,(H,27,32)(H,28,29)(H,30,31). The molecule has 5 rings (SSSR count). The number of carbonyl (C=O) groups is 3. The molecule has 0 spiro atoms. The van der Waals surface area contributed by atoms with Crippen molar-refractivity contribution in [3.8, 4) is 11.1 Å². The maximum atomic E-state index is 12.4. The fourth-order valence-electron chi connectivity index (χ4n) is 5.13. The smallest absolute Gasteiger partial charge is 0.407 e. The van der Waals surface area contributed by atoms with Gasteiger partial charge in [-0.15, -0.1) is 0 Å². The maximum Gasteiger partial charge on any atom is 0.407 e. The molecule has 0 aromatic heterocycles. The summed E-state index contributed by atoms with van der Waals surface area (Å²) in [6.07, 6.45) is 2.95. The Morgan fingerprint density at radius 1 is 0.970 bits per heavy atom. The molecule has 33 heavy (non-hydrogen) atoms. The summed E-state index contributed by atoms with van der Waals surface area (Å²) in [5.74, 6) is -0.948. The predicted octanol–water partition coefficient (Wildman–Crippen LogP) is 3.67. The van der Waals surface area contributed by atoms with Crippen LogP contribution in [0.5, 0.6) is 0 Å². The van der Waals surface area contributed by atoms with Crippen molar-refractivity contribution in [2.75, 3.05) is 6.61 Å². The summed E-state index contributed by atoms with van der Waals surface area (Å²) >= 11 is 0. The van der Waals surface area contributed by atoms with Crippen molar-refractivity contribution in [1.82, 2.24) is 10.6 Å². The van der Waals surface area contributed by atoms with Gasteiger partial charge in [0.05, 0.1) is 0 Å². The molecular formula is C26H28N2O5. The van der Waals surface area contributed by atoms with Gasteiger partial charge in [-0.3, -0.25) is 4.79 Å². The predicted molar refractivity (Wildman–Crippen MR) is 122 cm³/mol. The van der Waals surface area contributed by atoms with Crippen LogP contribution in [-0.2, 0) is 14.3 Å². The molecule has 172 valence electrons. The average molecular weight is 449 g/mol. The molecular weight excluding hydrogens is 420 g/mol. The Kier molecular flexibility index (Phi) is 5.79. The maximum absolute atomic E-state index is 12.4. The van der Waals surface area contributed by atoms with E-state index in [1.807, 2.05) is 24.3 Å². The Bertz CT molecular complexity index is 1030. The molecule has 2 saturated carbocycles. The van der Waals surface area contributed by atoms with Gasteiger partial charge in [0.15, 0.2) is 0 Å². The fourth-order valence-corrected chi connectivity index (χ4v) is 5.13. The first-order valence-corrected chi connectivity index (χ1v) is 11.6. The molecule has 2 amide bonds. The summed E-state index contributed by atoms with van der Waals surface area (Å²) in [6, 6.07) is 15.6. The first-order valence-electron chi connectivity index (χ1n) is 11.6. The normalized spacial score (nSPS) is 21.8. The molecule has 2 aromatic carbocycles. The summed E-state index contributed by atoms with van der Waals surface area (Å²) in [6.45, 7) is 0.274. The number of carboxylic acids is 1. The van der Waals surface area contributed by atoms with Crippen LogP contribution in [0.25, 0.3) is 11.1 Å². The number of carbonyl (C=O) groups excluding carboxylic acids is 2. The first kappa shape index (κ1) is 21.5. The third-order valence-electron chi connectivity index (χ3n) is 7.05. The second-order valence-electron chi connectivity index (χ2n) is 9.43. The van der Waals surface area contributed by atoms with E-state index in [-0.39, 0.29) is 36.3 Å². The van der Waals surface area contributed by atoms with Gasteiger partial charge in [-0.2, -0.15) is 0 Å². The summed E-state index contributed by atoms with van der Waals surface area (Å²) in [7, 11) is 0. The van der Waals surface area contributed by atoms with Gasteiger partial charge in [0.2, 0.25) is 5.91 Å². The van der Waals surface area contributed by atoms with Crippen molar-refractivity contribution >= 4 is 18.0 Å². The number of hydrogen-bond donors (Lipinski definition) is 3. The third kappa shape index (κ3) is 4.58. The van der Waals surface area contributed by atoms with Gasteiger partial charge >= 0.3 is 12.1 Å². The van der Waals surface area contributed by atoms with Crippen molar-refractivity contribution in [1.29, 1.82) is 0 Å². The number of alkyl carbamates (subject to hydrolysis) is 1. The van der Waals surface area contributed by atoms with Crippen LogP contribution < -0.4 is 10.6 Å². The van der Waals surface area contributed by atoms with Crippen LogP contribution in [0.2, 0.25) is 0 Å². The monoisotopic (exact) mass is 448 g/mol. The molecule has 7 nitrogen and oxygen atoms in total. The lowest BCUT2D eigenvalue weighted by atomic mass is 9.78. The van der Waals surface area contributed by atoms with E-state index in [2.05, 4.69) is 34.9 Å². The Morgan fingerprint density at radius 2 is 1.58 bits per heavy atom. The van der Waals surface area contributed by atoms with Gasteiger partial charge in [0, 0.05) is 18.4 Å². The molecule has 0 saturated heterocycles. The number of carboxylic acid groups (broad SMARTS) is 1. The minimum atomic E-state index is -0.964. The Balaban J connectivity index is 1.07. The minimum absolute atomic E-state index is 0.0165. The van der Waals surface area contributed by atoms with E-state index in [9.17, 15) is 19.5 Å². The Labute approximate surface area is 192 Å². The van der Waals surface area contributed by atoms with Crippen LogP contribution in [0.4, 0.5) is 4.79 Å². The van der Waals surface area contributed by atoms with Crippen LogP contribution >= 0.6 is 0 Å². The number of amides is 2. The highest BCUT2D eigenvalue weighted by atomic mass is 16.5. The zero-order chi connectivity index (χ0) is 22.9. The zero-order valence-electron chi connectivity index (χ0n) is 18.3. The quantitative estimate of drug-likeness (QED) is 0.572. The molecule has 3 aliphatic rings. The highest BCUT2D eigenvalue weighted by molar-refractivity contribution is 5.84. The summed E-state index contributed by atoms with van der Waals surface area (Å²) in [4.78, 5) is 35.8. The van der Waals surface area contributed by atoms with Crippen LogP contribution in [-0.4, -0.2) is 41.8 Å². The van der Waals surface area contributed by atoms with Gasteiger partial charge in [0.1, 0.15) is 12.6 Å². The Hall–Kier alpha value is -3.35. The highest BCUT2D eigenvalue weighted by Gasteiger charge is 2.39.